The number of thiophene rings is 1. The van der Waals surface area contributed by atoms with Gasteiger partial charge < -0.3 is 4.90 Å². The Morgan fingerprint density at radius 2 is 2.25 bits per heavy atom. The molecule has 0 bridgehead atoms. The molecule has 0 N–H and O–H groups in total. The van der Waals surface area contributed by atoms with E-state index < -0.39 is 4.92 Å². The first-order valence-electron chi connectivity index (χ1n) is 6.35. The highest BCUT2D eigenvalue weighted by Gasteiger charge is 2.26. The number of anilines is 1. The van der Waals surface area contributed by atoms with Crippen LogP contribution in [0, 0.1) is 10.1 Å². The van der Waals surface area contributed by atoms with E-state index in [1.807, 2.05) is 0 Å². The van der Waals surface area contributed by atoms with Crippen LogP contribution in [0.5, 0.6) is 0 Å². The Bertz CT molecular complexity index is 671. The molecule has 0 radical (unpaired) electrons. The number of nitrogens with zero attached hydrogens (tertiary/aromatic N) is 2. The van der Waals surface area contributed by atoms with Gasteiger partial charge in [0.2, 0.25) is 0 Å². The minimum Gasteiger partial charge on any atom is -0.363 e. The van der Waals surface area contributed by atoms with Crippen LogP contribution in [-0.2, 0) is 6.42 Å². The molecule has 1 aromatic carbocycles. The third kappa shape index (κ3) is 2.17. The lowest BCUT2D eigenvalue weighted by Gasteiger charge is -2.36. The highest BCUT2D eigenvalue weighted by Crippen LogP contribution is 2.39. The van der Waals surface area contributed by atoms with Crippen molar-refractivity contribution in [1.82, 2.24) is 0 Å². The fourth-order valence-electron chi connectivity index (χ4n) is 2.68. The molecule has 1 aromatic heterocycles. The third-order valence-electron chi connectivity index (χ3n) is 3.73. The number of fused-ring (bicyclic) bond motifs is 1. The third-order valence-corrected chi connectivity index (χ3v) is 5.03. The largest absolute Gasteiger partial charge is 0.363 e. The summed E-state index contributed by atoms with van der Waals surface area (Å²) in [5, 5.41) is 13.3. The Morgan fingerprint density at radius 1 is 1.45 bits per heavy atom. The van der Waals surface area contributed by atoms with Gasteiger partial charge in [0, 0.05) is 23.6 Å². The molecule has 0 spiro atoms. The van der Waals surface area contributed by atoms with Crippen molar-refractivity contribution in [3.8, 4) is 0 Å². The number of nitro benzene ring substituents is 1. The lowest BCUT2D eigenvalue weighted by Crippen LogP contribution is -2.33. The summed E-state index contributed by atoms with van der Waals surface area (Å²) in [6, 6.07) is 7.07. The van der Waals surface area contributed by atoms with Crippen LogP contribution in [-0.4, -0.2) is 11.5 Å². The molecule has 3 rings (SSSR count). The van der Waals surface area contributed by atoms with Crippen LogP contribution >= 0.6 is 22.9 Å². The number of nitro groups is 1. The molecule has 1 aliphatic rings. The van der Waals surface area contributed by atoms with Crippen LogP contribution in [0.15, 0.2) is 29.6 Å². The Hall–Kier alpha value is -1.59. The van der Waals surface area contributed by atoms with Gasteiger partial charge in [-0.05, 0) is 36.4 Å². The molecule has 0 saturated heterocycles. The van der Waals surface area contributed by atoms with E-state index in [4.69, 9.17) is 11.6 Å². The molecule has 1 aliphatic heterocycles. The highest BCUT2D eigenvalue weighted by molar-refractivity contribution is 7.10. The summed E-state index contributed by atoms with van der Waals surface area (Å²) < 4.78 is 0. The smallest absolute Gasteiger partial charge is 0.271 e. The van der Waals surface area contributed by atoms with Crippen LogP contribution < -0.4 is 4.90 Å². The summed E-state index contributed by atoms with van der Waals surface area (Å²) in [5.41, 5.74) is 2.22. The minimum atomic E-state index is -0.424. The zero-order chi connectivity index (χ0) is 14.3. The Kier molecular flexibility index (Phi) is 3.40. The van der Waals surface area contributed by atoms with Gasteiger partial charge in [-0.2, -0.15) is 0 Å². The molecule has 104 valence electrons. The number of rotatable bonds is 2. The summed E-state index contributed by atoms with van der Waals surface area (Å²) in [7, 11) is 0. The Balaban J connectivity index is 1.96. The van der Waals surface area contributed by atoms with E-state index >= 15 is 0 Å². The zero-order valence-corrected chi connectivity index (χ0v) is 12.4. The van der Waals surface area contributed by atoms with Gasteiger partial charge in [0.05, 0.1) is 21.7 Å². The molecule has 2 heterocycles. The molecule has 0 saturated carbocycles. The first-order valence-corrected chi connectivity index (χ1v) is 7.60. The number of non-ortho nitro benzene ring substituents is 1. The molecule has 1 atom stereocenters. The first kappa shape index (κ1) is 13.4. The first-order chi connectivity index (χ1) is 9.58. The maximum Gasteiger partial charge on any atom is 0.271 e. The van der Waals surface area contributed by atoms with Gasteiger partial charge >= 0.3 is 0 Å². The number of hydrogen-bond acceptors (Lipinski definition) is 4. The van der Waals surface area contributed by atoms with Gasteiger partial charge in [-0.3, -0.25) is 10.1 Å². The SMILES string of the molecule is C[C@H]1c2ccsc2CCN1c1ccc([N+](=O)[O-])cc1Cl. The van der Waals surface area contributed by atoms with Gasteiger partial charge in [-0.15, -0.1) is 11.3 Å². The quantitative estimate of drug-likeness (QED) is 0.609. The monoisotopic (exact) mass is 308 g/mol. The van der Waals surface area contributed by atoms with E-state index in [2.05, 4.69) is 23.3 Å². The molecule has 0 unspecified atom stereocenters. The average Bonchev–Trinajstić information content (AvgIpc) is 2.89. The minimum absolute atomic E-state index is 0.0274. The van der Waals surface area contributed by atoms with Crippen molar-refractivity contribution in [2.75, 3.05) is 11.4 Å². The van der Waals surface area contributed by atoms with Crippen LogP contribution in [0.2, 0.25) is 5.02 Å². The maximum atomic E-state index is 10.8. The van der Waals surface area contributed by atoms with Crippen molar-refractivity contribution in [3.63, 3.8) is 0 Å². The molecular formula is C14H13ClN2O2S. The van der Waals surface area contributed by atoms with E-state index in [9.17, 15) is 10.1 Å². The summed E-state index contributed by atoms with van der Waals surface area (Å²) in [6.07, 6.45) is 0.991. The second-order valence-corrected chi connectivity index (χ2v) is 6.22. The van der Waals surface area contributed by atoms with Gasteiger partial charge in [0.25, 0.3) is 5.69 Å². The van der Waals surface area contributed by atoms with Gasteiger partial charge in [0.1, 0.15) is 0 Å². The van der Waals surface area contributed by atoms with Gasteiger partial charge in [-0.25, -0.2) is 0 Å². The number of benzene rings is 1. The normalized spacial score (nSPS) is 17.9. The summed E-state index contributed by atoms with van der Waals surface area (Å²) in [4.78, 5) is 14.0. The van der Waals surface area contributed by atoms with Crippen molar-refractivity contribution >= 4 is 34.3 Å². The fraction of sp³-hybridized carbons (Fsp3) is 0.286. The van der Waals surface area contributed by atoms with E-state index in [1.165, 1.54) is 22.6 Å². The van der Waals surface area contributed by atoms with Crippen molar-refractivity contribution in [3.05, 3.63) is 55.2 Å². The fourth-order valence-corrected chi connectivity index (χ4v) is 3.93. The number of hydrogen-bond donors (Lipinski definition) is 0. The molecule has 0 fully saturated rings. The molecule has 6 heteroatoms. The van der Waals surface area contributed by atoms with E-state index in [-0.39, 0.29) is 11.7 Å². The Morgan fingerprint density at radius 3 is 2.95 bits per heavy atom. The molecule has 20 heavy (non-hydrogen) atoms. The van der Waals surface area contributed by atoms with Crippen molar-refractivity contribution in [2.45, 2.75) is 19.4 Å². The van der Waals surface area contributed by atoms with Crippen molar-refractivity contribution in [2.24, 2.45) is 0 Å². The second kappa shape index (κ2) is 5.07. The Labute approximate surface area is 125 Å². The second-order valence-electron chi connectivity index (χ2n) is 4.81. The summed E-state index contributed by atoms with van der Waals surface area (Å²) >= 11 is 8.02. The van der Waals surface area contributed by atoms with Gasteiger partial charge in [0.15, 0.2) is 0 Å². The maximum absolute atomic E-state index is 10.8. The predicted molar refractivity (Wildman–Crippen MR) is 81.9 cm³/mol. The number of halogens is 1. The topological polar surface area (TPSA) is 46.4 Å². The van der Waals surface area contributed by atoms with Crippen molar-refractivity contribution in [1.29, 1.82) is 0 Å². The zero-order valence-electron chi connectivity index (χ0n) is 10.9. The van der Waals surface area contributed by atoms with E-state index in [0.717, 1.165) is 18.7 Å². The molecule has 0 aliphatic carbocycles. The van der Waals surface area contributed by atoms with E-state index in [1.54, 1.807) is 17.4 Å². The highest BCUT2D eigenvalue weighted by atomic mass is 35.5. The van der Waals surface area contributed by atoms with Crippen molar-refractivity contribution < 1.29 is 4.92 Å². The molecule has 2 aromatic rings. The van der Waals surface area contributed by atoms with Gasteiger partial charge in [-0.1, -0.05) is 11.6 Å². The van der Waals surface area contributed by atoms with E-state index in [0.29, 0.717) is 5.02 Å². The standard InChI is InChI=1S/C14H13ClN2O2S/c1-9-11-5-7-20-14(11)4-6-16(9)13-3-2-10(17(18)19)8-12(13)15/h2-3,5,7-9H,4,6H2,1H3/t9-/m0/s1. The van der Waals surface area contributed by atoms with Crippen LogP contribution in [0.4, 0.5) is 11.4 Å². The summed E-state index contributed by atoms with van der Waals surface area (Å²) in [5.74, 6) is 0. The summed E-state index contributed by atoms with van der Waals surface area (Å²) in [6.45, 7) is 3.02. The average molecular weight is 309 g/mol. The molecule has 0 amide bonds. The lowest BCUT2D eigenvalue weighted by atomic mass is 10.0. The molecular weight excluding hydrogens is 296 g/mol. The predicted octanol–water partition coefficient (Wildman–Crippen LogP) is 4.43. The molecule has 4 nitrogen and oxygen atoms in total. The van der Waals surface area contributed by atoms with Crippen LogP contribution in [0.1, 0.15) is 23.4 Å². The van der Waals surface area contributed by atoms with Crippen LogP contribution in [0.25, 0.3) is 0 Å². The lowest BCUT2D eigenvalue weighted by molar-refractivity contribution is -0.384. The van der Waals surface area contributed by atoms with Crippen LogP contribution in [0.3, 0.4) is 0 Å².